The number of carbonyl (C=O) groups excluding carboxylic acids is 2. The highest BCUT2D eigenvalue weighted by molar-refractivity contribution is 5.97. The summed E-state index contributed by atoms with van der Waals surface area (Å²) >= 11 is 0. The van der Waals surface area contributed by atoms with Crippen LogP contribution in [0, 0.1) is 0 Å². The van der Waals surface area contributed by atoms with Crippen LogP contribution in [0.15, 0.2) is 18.2 Å². The molecule has 1 amide bonds. The Morgan fingerprint density at radius 2 is 2.09 bits per heavy atom. The third kappa shape index (κ3) is 4.87. The van der Waals surface area contributed by atoms with E-state index < -0.39 is 5.60 Å². The van der Waals surface area contributed by atoms with E-state index >= 15 is 0 Å². The van der Waals surface area contributed by atoms with Crippen LogP contribution in [0.1, 0.15) is 40.0 Å². The molecule has 1 heterocycles. The average Bonchev–Trinajstić information content (AvgIpc) is 2.83. The fraction of sp³-hybridized carbons (Fsp3) is 0.529. The Kier molecular flexibility index (Phi) is 5.13. The van der Waals surface area contributed by atoms with Gasteiger partial charge < -0.3 is 20.1 Å². The third-order valence-corrected chi connectivity index (χ3v) is 3.33. The smallest absolute Gasteiger partial charge is 0.309 e. The van der Waals surface area contributed by atoms with Gasteiger partial charge in [-0.25, -0.2) is 0 Å². The Balaban J connectivity index is 2.00. The Morgan fingerprint density at radius 1 is 1.35 bits per heavy atom. The number of nitrogens with zero attached hydrogens (tertiary/aromatic N) is 1. The average molecular weight is 320 g/mol. The van der Waals surface area contributed by atoms with Crippen LogP contribution in [0.25, 0.3) is 0 Å². The van der Waals surface area contributed by atoms with Crippen LogP contribution in [-0.4, -0.2) is 30.6 Å². The summed E-state index contributed by atoms with van der Waals surface area (Å²) in [5, 5.41) is 0. The van der Waals surface area contributed by atoms with Gasteiger partial charge in [-0.15, -0.1) is 0 Å². The number of ether oxygens (including phenoxy) is 2. The monoisotopic (exact) mass is 320 g/mol. The lowest BCUT2D eigenvalue weighted by Gasteiger charge is -2.21. The van der Waals surface area contributed by atoms with Crippen molar-refractivity contribution in [2.24, 2.45) is 0 Å². The summed E-state index contributed by atoms with van der Waals surface area (Å²) in [6.07, 6.45) is 1.52. The molecule has 23 heavy (non-hydrogen) atoms. The molecule has 0 saturated carbocycles. The summed E-state index contributed by atoms with van der Waals surface area (Å²) in [6.45, 7) is 6.31. The molecular formula is C17H24N2O4. The molecule has 6 heteroatoms. The minimum absolute atomic E-state index is 0.0757. The Bertz CT molecular complexity index is 593. The number of carbonyl (C=O) groups is 2. The van der Waals surface area contributed by atoms with E-state index in [4.69, 9.17) is 15.2 Å². The van der Waals surface area contributed by atoms with Gasteiger partial charge in [0.25, 0.3) is 0 Å². The molecule has 1 aliphatic heterocycles. The molecule has 2 N–H and O–H groups in total. The van der Waals surface area contributed by atoms with Crippen molar-refractivity contribution in [2.45, 2.75) is 45.6 Å². The van der Waals surface area contributed by atoms with Crippen LogP contribution in [0.3, 0.4) is 0 Å². The van der Waals surface area contributed by atoms with Gasteiger partial charge in [-0.05, 0) is 39.3 Å². The van der Waals surface area contributed by atoms with E-state index in [1.807, 2.05) is 20.8 Å². The van der Waals surface area contributed by atoms with Crippen LogP contribution < -0.4 is 15.4 Å². The van der Waals surface area contributed by atoms with Gasteiger partial charge >= 0.3 is 5.97 Å². The van der Waals surface area contributed by atoms with E-state index in [1.54, 1.807) is 23.1 Å². The van der Waals surface area contributed by atoms with Gasteiger partial charge in [0, 0.05) is 24.7 Å². The molecule has 1 aliphatic rings. The summed E-state index contributed by atoms with van der Waals surface area (Å²) in [6, 6.07) is 5.19. The first-order chi connectivity index (χ1) is 10.8. The highest BCUT2D eigenvalue weighted by atomic mass is 16.6. The largest absolute Gasteiger partial charge is 0.491 e. The van der Waals surface area contributed by atoms with E-state index in [0.29, 0.717) is 30.1 Å². The molecule has 0 atom stereocenters. The minimum Gasteiger partial charge on any atom is -0.491 e. The van der Waals surface area contributed by atoms with Crippen molar-refractivity contribution in [3.63, 3.8) is 0 Å². The molecule has 1 aromatic rings. The van der Waals surface area contributed by atoms with Gasteiger partial charge in [-0.1, -0.05) is 0 Å². The second kappa shape index (κ2) is 6.89. The number of rotatable bonds is 5. The second-order valence-corrected chi connectivity index (χ2v) is 6.56. The minimum atomic E-state index is -0.513. The van der Waals surface area contributed by atoms with Gasteiger partial charge in [0.15, 0.2) is 0 Å². The number of benzene rings is 1. The van der Waals surface area contributed by atoms with Gasteiger partial charge in [0.05, 0.1) is 18.7 Å². The molecule has 6 nitrogen and oxygen atoms in total. The van der Waals surface area contributed by atoms with Gasteiger partial charge in [-0.2, -0.15) is 0 Å². The lowest BCUT2D eigenvalue weighted by Crippen LogP contribution is -2.26. The first-order valence-electron chi connectivity index (χ1n) is 7.81. The molecule has 1 saturated heterocycles. The van der Waals surface area contributed by atoms with Crippen molar-refractivity contribution >= 4 is 23.3 Å². The number of nitrogen functional groups attached to an aromatic ring is 1. The van der Waals surface area contributed by atoms with E-state index in [-0.39, 0.29) is 24.9 Å². The predicted octanol–water partition coefficient (Wildman–Crippen LogP) is 2.51. The predicted molar refractivity (Wildman–Crippen MR) is 88.4 cm³/mol. The fourth-order valence-electron chi connectivity index (χ4n) is 2.41. The van der Waals surface area contributed by atoms with Crippen molar-refractivity contribution in [3.8, 4) is 5.75 Å². The van der Waals surface area contributed by atoms with E-state index in [2.05, 4.69) is 0 Å². The van der Waals surface area contributed by atoms with Crippen LogP contribution >= 0.6 is 0 Å². The summed E-state index contributed by atoms with van der Waals surface area (Å²) in [4.78, 5) is 25.3. The fourth-order valence-corrected chi connectivity index (χ4v) is 2.41. The first kappa shape index (κ1) is 17.1. The van der Waals surface area contributed by atoms with Crippen molar-refractivity contribution in [1.82, 2.24) is 0 Å². The van der Waals surface area contributed by atoms with E-state index in [9.17, 15) is 9.59 Å². The van der Waals surface area contributed by atoms with Crippen molar-refractivity contribution < 1.29 is 19.1 Å². The van der Waals surface area contributed by atoms with Crippen molar-refractivity contribution in [2.75, 3.05) is 23.8 Å². The Labute approximate surface area is 136 Å². The van der Waals surface area contributed by atoms with Crippen LogP contribution in [0.4, 0.5) is 11.4 Å². The molecule has 0 aliphatic carbocycles. The normalized spacial score (nSPS) is 14.9. The topological polar surface area (TPSA) is 81.9 Å². The van der Waals surface area contributed by atoms with E-state index in [1.165, 1.54) is 0 Å². The molecule has 126 valence electrons. The summed E-state index contributed by atoms with van der Waals surface area (Å²) in [5.41, 5.74) is 6.54. The molecule has 2 rings (SSSR count). The lowest BCUT2D eigenvalue weighted by molar-refractivity contribution is -0.155. The van der Waals surface area contributed by atoms with Gasteiger partial charge in [0.1, 0.15) is 11.4 Å². The van der Waals surface area contributed by atoms with Crippen LogP contribution in [-0.2, 0) is 14.3 Å². The van der Waals surface area contributed by atoms with Gasteiger partial charge in [-0.3, -0.25) is 9.59 Å². The standard InChI is InChI=1S/C17H24N2O4/c1-17(2,3)23-16(21)8-10-22-14-11-12(18)6-7-13(14)19-9-4-5-15(19)20/h6-7,11H,4-5,8-10,18H2,1-3H3. The first-order valence-corrected chi connectivity index (χ1v) is 7.81. The quantitative estimate of drug-likeness (QED) is 0.666. The number of amides is 1. The zero-order valence-corrected chi connectivity index (χ0v) is 13.9. The van der Waals surface area contributed by atoms with Crippen molar-refractivity contribution in [1.29, 1.82) is 0 Å². The third-order valence-electron chi connectivity index (χ3n) is 3.33. The van der Waals surface area contributed by atoms with Crippen LogP contribution in [0.5, 0.6) is 5.75 Å². The molecular weight excluding hydrogens is 296 g/mol. The number of anilines is 2. The summed E-state index contributed by atoms with van der Waals surface area (Å²) < 4.78 is 10.9. The molecule has 1 aromatic carbocycles. The highest BCUT2D eigenvalue weighted by Gasteiger charge is 2.24. The molecule has 0 unspecified atom stereocenters. The highest BCUT2D eigenvalue weighted by Crippen LogP contribution is 2.33. The maximum Gasteiger partial charge on any atom is 0.309 e. The van der Waals surface area contributed by atoms with Crippen LogP contribution in [0.2, 0.25) is 0 Å². The molecule has 0 radical (unpaired) electrons. The molecule has 1 fully saturated rings. The summed E-state index contributed by atoms with van der Waals surface area (Å²) in [5.74, 6) is 0.274. The lowest BCUT2D eigenvalue weighted by atomic mass is 10.2. The van der Waals surface area contributed by atoms with Crippen molar-refractivity contribution in [3.05, 3.63) is 18.2 Å². The number of hydrogen-bond donors (Lipinski definition) is 1. The Morgan fingerprint density at radius 3 is 2.70 bits per heavy atom. The summed E-state index contributed by atoms with van der Waals surface area (Å²) in [7, 11) is 0. The second-order valence-electron chi connectivity index (χ2n) is 6.56. The maximum absolute atomic E-state index is 11.9. The number of hydrogen-bond acceptors (Lipinski definition) is 5. The maximum atomic E-state index is 11.9. The number of nitrogens with two attached hydrogens (primary N) is 1. The molecule has 0 aromatic heterocycles. The molecule has 0 spiro atoms. The molecule has 0 bridgehead atoms. The zero-order valence-electron chi connectivity index (χ0n) is 13.9. The zero-order chi connectivity index (χ0) is 17.0. The van der Waals surface area contributed by atoms with E-state index in [0.717, 1.165) is 6.42 Å². The van der Waals surface area contributed by atoms with Gasteiger partial charge in [0.2, 0.25) is 5.91 Å². The SMILES string of the molecule is CC(C)(C)OC(=O)CCOc1cc(N)ccc1N1CCCC1=O. The number of esters is 1. The Hall–Kier alpha value is -2.24.